The Kier molecular flexibility index (Phi) is 10.4. The van der Waals surface area contributed by atoms with E-state index in [1.54, 1.807) is 16.1 Å². The number of benzene rings is 2. The summed E-state index contributed by atoms with van der Waals surface area (Å²) in [4.78, 5) is 32.7. The lowest BCUT2D eigenvalue weighted by Crippen LogP contribution is -2.48. The highest BCUT2D eigenvalue weighted by atomic mass is 16.5. The molecule has 0 atom stereocenters. The van der Waals surface area contributed by atoms with Gasteiger partial charge < -0.3 is 24.3 Å². The highest BCUT2D eigenvalue weighted by Crippen LogP contribution is 2.14. The summed E-state index contributed by atoms with van der Waals surface area (Å²) in [5, 5.41) is 3.01. The van der Waals surface area contributed by atoms with Gasteiger partial charge in [-0.1, -0.05) is 49.4 Å². The minimum absolute atomic E-state index is 0.0147. The zero-order chi connectivity index (χ0) is 26.6. The highest BCUT2D eigenvalue weighted by Gasteiger charge is 2.23. The highest BCUT2D eigenvalue weighted by molar-refractivity contribution is 5.92. The van der Waals surface area contributed by atoms with E-state index in [0.29, 0.717) is 45.2 Å². The summed E-state index contributed by atoms with van der Waals surface area (Å²) in [5.74, 6) is 0.601. The van der Waals surface area contributed by atoms with E-state index in [1.165, 1.54) is 0 Å². The van der Waals surface area contributed by atoms with Crippen molar-refractivity contribution in [2.75, 3.05) is 57.8 Å². The molecule has 1 aliphatic heterocycles. The Hall–Kier alpha value is -3.62. The van der Waals surface area contributed by atoms with Crippen LogP contribution in [0.25, 0.3) is 0 Å². The smallest absolute Gasteiger partial charge is 0.322 e. The van der Waals surface area contributed by atoms with Crippen LogP contribution in [-0.4, -0.2) is 79.1 Å². The van der Waals surface area contributed by atoms with Gasteiger partial charge in [-0.2, -0.15) is 0 Å². The van der Waals surface area contributed by atoms with Gasteiger partial charge in [0.2, 0.25) is 5.91 Å². The van der Waals surface area contributed by atoms with Gasteiger partial charge in [0.15, 0.2) is 0 Å². The molecule has 0 radical (unpaired) electrons. The molecule has 4 rings (SSSR count). The molecule has 3 amide bonds. The number of carbonyl (C=O) groups is 2. The second kappa shape index (κ2) is 14.4. The fraction of sp³-hybridized carbons (Fsp3) is 0.400. The van der Waals surface area contributed by atoms with E-state index < -0.39 is 0 Å². The quantitative estimate of drug-likeness (QED) is 0.387. The normalized spacial score (nSPS) is 13.7. The van der Waals surface area contributed by atoms with E-state index >= 15 is 0 Å². The number of anilines is 1. The Bertz CT molecular complexity index is 1130. The number of carbonyl (C=O) groups excluding carboxylic acids is 2. The molecule has 0 bridgehead atoms. The van der Waals surface area contributed by atoms with Crippen molar-refractivity contribution in [1.82, 2.24) is 14.7 Å². The number of hydrogen-bond acceptors (Lipinski definition) is 5. The summed E-state index contributed by atoms with van der Waals surface area (Å²) in [6, 6.07) is 21.3. The molecule has 1 aromatic heterocycles. The minimum Gasteiger partial charge on any atom is -0.467 e. The molecule has 8 heteroatoms. The van der Waals surface area contributed by atoms with Crippen LogP contribution in [0.15, 0.2) is 77.4 Å². The summed E-state index contributed by atoms with van der Waals surface area (Å²) >= 11 is 0. The van der Waals surface area contributed by atoms with E-state index in [1.807, 2.05) is 54.6 Å². The van der Waals surface area contributed by atoms with Gasteiger partial charge in [0.1, 0.15) is 12.3 Å². The molecule has 38 heavy (non-hydrogen) atoms. The van der Waals surface area contributed by atoms with Crippen molar-refractivity contribution in [2.24, 2.45) is 0 Å². The standard InChI is InChI=1S/C30H38N4O4/c1-2-25-10-6-11-27(22-25)31-30(36)34(16-15-32-17-20-37-21-18-32)24-29(35)33(23-28-12-7-19-38-28)14-13-26-8-4-3-5-9-26/h3-12,19,22H,2,13-18,20-21,23-24H2,1H3,(H,31,36). The number of furan rings is 1. The number of ether oxygens (including phenoxy) is 1. The van der Waals surface area contributed by atoms with Crippen LogP contribution >= 0.6 is 0 Å². The first-order chi connectivity index (χ1) is 18.6. The minimum atomic E-state index is -0.277. The van der Waals surface area contributed by atoms with E-state index in [2.05, 4.69) is 29.3 Å². The lowest BCUT2D eigenvalue weighted by atomic mass is 10.1. The second-order valence-electron chi connectivity index (χ2n) is 9.49. The van der Waals surface area contributed by atoms with Crippen molar-refractivity contribution >= 4 is 17.6 Å². The van der Waals surface area contributed by atoms with Gasteiger partial charge in [0.25, 0.3) is 0 Å². The maximum atomic E-state index is 13.6. The van der Waals surface area contributed by atoms with Gasteiger partial charge in [0.05, 0.1) is 26.0 Å². The third-order valence-corrected chi connectivity index (χ3v) is 6.78. The van der Waals surface area contributed by atoms with Crippen LogP contribution < -0.4 is 5.32 Å². The number of nitrogens with one attached hydrogen (secondary N) is 1. The molecule has 1 N–H and O–H groups in total. The Morgan fingerprint density at radius 3 is 2.45 bits per heavy atom. The van der Waals surface area contributed by atoms with Crippen molar-refractivity contribution in [2.45, 2.75) is 26.3 Å². The van der Waals surface area contributed by atoms with Gasteiger partial charge in [-0.05, 0) is 48.2 Å². The van der Waals surface area contributed by atoms with Gasteiger partial charge in [-0.25, -0.2) is 4.79 Å². The summed E-state index contributed by atoms with van der Waals surface area (Å²) in [6.07, 6.45) is 3.21. The van der Waals surface area contributed by atoms with Crippen LogP contribution in [0.2, 0.25) is 0 Å². The average Bonchev–Trinajstić information content (AvgIpc) is 3.47. The number of morpholine rings is 1. The number of hydrogen-bond donors (Lipinski definition) is 1. The van der Waals surface area contributed by atoms with E-state index in [0.717, 1.165) is 42.7 Å². The van der Waals surface area contributed by atoms with E-state index in [-0.39, 0.29) is 18.5 Å². The molecule has 0 aliphatic carbocycles. The maximum absolute atomic E-state index is 13.6. The van der Waals surface area contributed by atoms with Crippen molar-refractivity contribution in [3.63, 3.8) is 0 Å². The first-order valence-corrected chi connectivity index (χ1v) is 13.4. The van der Waals surface area contributed by atoms with Crippen LogP contribution in [0, 0.1) is 0 Å². The topological polar surface area (TPSA) is 78.3 Å². The molecular weight excluding hydrogens is 480 g/mol. The molecule has 1 fully saturated rings. The van der Waals surface area contributed by atoms with Crippen molar-refractivity contribution in [3.8, 4) is 0 Å². The predicted molar refractivity (Wildman–Crippen MR) is 148 cm³/mol. The molecule has 202 valence electrons. The zero-order valence-electron chi connectivity index (χ0n) is 22.2. The predicted octanol–water partition coefficient (Wildman–Crippen LogP) is 4.28. The molecule has 2 aromatic carbocycles. The summed E-state index contributed by atoms with van der Waals surface area (Å²) in [6.45, 7) is 7.09. The first-order valence-electron chi connectivity index (χ1n) is 13.4. The molecule has 0 saturated carbocycles. The third kappa shape index (κ3) is 8.46. The first kappa shape index (κ1) is 27.4. The van der Waals surface area contributed by atoms with Crippen molar-refractivity contribution in [1.29, 1.82) is 0 Å². The van der Waals surface area contributed by atoms with Crippen molar-refractivity contribution in [3.05, 3.63) is 89.9 Å². The average molecular weight is 519 g/mol. The van der Waals surface area contributed by atoms with Gasteiger partial charge >= 0.3 is 6.03 Å². The van der Waals surface area contributed by atoms with E-state index in [9.17, 15) is 9.59 Å². The molecule has 0 unspecified atom stereocenters. The van der Waals surface area contributed by atoms with Gasteiger partial charge in [0, 0.05) is 38.4 Å². The molecule has 1 aliphatic rings. The molecule has 8 nitrogen and oxygen atoms in total. The number of aryl methyl sites for hydroxylation is 1. The number of rotatable bonds is 12. The second-order valence-corrected chi connectivity index (χ2v) is 9.49. The largest absolute Gasteiger partial charge is 0.467 e. The summed E-state index contributed by atoms with van der Waals surface area (Å²) in [5.41, 5.74) is 3.03. The molecular formula is C30H38N4O4. The van der Waals surface area contributed by atoms with Crippen LogP contribution in [0.4, 0.5) is 10.5 Å². The fourth-order valence-electron chi connectivity index (χ4n) is 4.47. The SMILES string of the molecule is CCc1cccc(NC(=O)N(CCN2CCOCC2)CC(=O)N(CCc2ccccc2)Cc2ccco2)c1. The van der Waals surface area contributed by atoms with Gasteiger partial charge in [-0.15, -0.1) is 0 Å². The summed E-state index contributed by atoms with van der Waals surface area (Å²) < 4.78 is 11.0. The van der Waals surface area contributed by atoms with Crippen LogP contribution in [0.1, 0.15) is 23.8 Å². The molecule has 0 spiro atoms. The number of urea groups is 1. The van der Waals surface area contributed by atoms with Crippen LogP contribution in [0.3, 0.4) is 0 Å². The third-order valence-electron chi connectivity index (χ3n) is 6.78. The lowest BCUT2D eigenvalue weighted by molar-refractivity contribution is -0.132. The van der Waals surface area contributed by atoms with Crippen LogP contribution in [0.5, 0.6) is 0 Å². The Morgan fingerprint density at radius 1 is 0.921 bits per heavy atom. The maximum Gasteiger partial charge on any atom is 0.322 e. The number of nitrogens with zero attached hydrogens (tertiary/aromatic N) is 3. The Balaban J connectivity index is 1.46. The van der Waals surface area contributed by atoms with Crippen LogP contribution in [-0.2, 0) is 28.9 Å². The lowest BCUT2D eigenvalue weighted by Gasteiger charge is -2.31. The Morgan fingerprint density at radius 2 is 1.71 bits per heavy atom. The monoisotopic (exact) mass is 518 g/mol. The number of amides is 3. The molecule has 2 heterocycles. The van der Waals surface area contributed by atoms with Gasteiger partial charge in [-0.3, -0.25) is 9.69 Å². The zero-order valence-corrected chi connectivity index (χ0v) is 22.2. The Labute approximate surface area is 225 Å². The molecule has 1 saturated heterocycles. The van der Waals surface area contributed by atoms with E-state index in [4.69, 9.17) is 9.15 Å². The fourth-order valence-corrected chi connectivity index (χ4v) is 4.47. The summed E-state index contributed by atoms with van der Waals surface area (Å²) in [7, 11) is 0. The molecule has 3 aromatic rings. The van der Waals surface area contributed by atoms with Crippen molar-refractivity contribution < 1.29 is 18.7 Å².